The van der Waals surface area contributed by atoms with Crippen molar-refractivity contribution in [3.05, 3.63) is 76.2 Å². The zero-order valence-corrected chi connectivity index (χ0v) is 13.9. The van der Waals surface area contributed by atoms with Gasteiger partial charge in [0.25, 0.3) is 5.91 Å². The van der Waals surface area contributed by atoms with Gasteiger partial charge < -0.3 is 5.32 Å². The molecule has 1 amide bonds. The maximum Gasteiger partial charge on any atom is 0.345 e. The summed E-state index contributed by atoms with van der Waals surface area (Å²) in [7, 11) is 1.61. The van der Waals surface area contributed by atoms with Gasteiger partial charge >= 0.3 is 5.69 Å². The Morgan fingerprint density at radius 3 is 2.58 bits per heavy atom. The molecule has 1 heterocycles. The van der Waals surface area contributed by atoms with Gasteiger partial charge in [0, 0.05) is 25.2 Å². The Balaban J connectivity index is 1.69. The predicted octanol–water partition coefficient (Wildman–Crippen LogP) is 1.96. The molecule has 0 unspecified atom stereocenters. The number of benzene rings is 2. The first kappa shape index (κ1) is 17.5. The van der Waals surface area contributed by atoms with Crippen molar-refractivity contribution < 1.29 is 13.6 Å². The highest BCUT2D eigenvalue weighted by atomic mass is 19.1. The summed E-state index contributed by atoms with van der Waals surface area (Å²) in [6.07, 6.45) is 0. The Labute approximate surface area is 147 Å². The Hall–Kier alpha value is -3.29. The Bertz CT molecular complexity index is 996. The molecule has 0 saturated carbocycles. The van der Waals surface area contributed by atoms with Gasteiger partial charge in [0.05, 0.1) is 12.1 Å². The average molecular weight is 358 g/mol. The van der Waals surface area contributed by atoms with Crippen LogP contribution in [0.5, 0.6) is 0 Å². The smallest absolute Gasteiger partial charge is 0.345 e. The van der Waals surface area contributed by atoms with E-state index in [4.69, 9.17) is 0 Å². The fourth-order valence-corrected chi connectivity index (χ4v) is 2.52. The van der Waals surface area contributed by atoms with E-state index < -0.39 is 17.5 Å². The Kier molecular flexibility index (Phi) is 4.92. The van der Waals surface area contributed by atoms with Crippen LogP contribution in [0.1, 0.15) is 10.4 Å². The fourth-order valence-electron chi connectivity index (χ4n) is 2.52. The van der Waals surface area contributed by atoms with E-state index in [1.165, 1.54) is 9.25 Å². The largest absolute Gasteiger partial charge is 0.350 e. The maximum atomic E-state index is 13.6. The molecule has 2 aromatic carbocycles. The highest BCUT2D eigenvalue weighted by Crippen LogP contribution is 2.13. The van der Waals surface area contributed by atoms with Crippen LogP contribution in [-0.4, -0.2) is 26.8 Å². The summed E-state index contributed by atoms with van der Waals surface area (Å²) in [5.41, 5.74) is 0.207. The van der Waals surface area contributed by atoms with Gasteiger partial charge in [-0.05, 0) is 12.1 Å². The number of nitrogens with zero attached hydrogens (tertiary/aromatic N) is 3. The zero-order chi connectivity index (χ0) is 18.7. The van der Waals surface area contributed by atoms with Crippen molar-refractivity contribution in [2.75, 3.05) is 6.54 Å². The summed E-state index contributed by atoms with van der Waals surface area (Å²) in [6.45, 7) is 0.189. The second-order valence-corrected chi connectivity index (χ2v) is 5.63. The third-order valence-electron chi connectivity index (χ3n) is 3.86. The number of carbonyl (C=O) groups excluding carboxylic acids is 1. The molecule has 3 rings (SSSR count). The number of hydrogen-bond acceptors (Lipinski definition) is 3. The van der Waals surface area contributed by atoms with Crippen molar-refractivity contribution in [2.45, 2.75) is 6.54 Å². The molecule has 0 aliphatic carbocycles. The van der Waals surface area contributed by atoms with E-state index in [1.807, 2.05) is 30.3 Å². The summed E-state index contributed by atoms with van der Waals surface area (Å²) in [5.74, 6) is -1.88. The zero-order valence-electron chi connectivity index (χ0n) is 13.9. The van der Waals surface area contributed by atoms with Gasteiger partial charge in [-0.3, -0.25) is 9.36 Å². The molecule has 134 valence electrons. The van der Waals surface area contributed by atoms with Crippen LogP contribution < -0.4 is 11.0 Å². The molecule has 1 N–H and O–H groups in total. The molecule has 3 aromatic rings. The number of amides is 1. The second kappa shape index (κ2) is 7.30. The first-order valence-electron chi connectivity index (χ1n) is 7.90. The molecule has 8 heteroatoms. The van der Waals surface area contributed by atoms with Crippen LogP contribution in [0, 0.1) is 11.6 Å². The second-order valence-electron chi connectivity index (χ2n) is 5.63. The molecule has 0 saturated heterocycles. The lowest BCUT2D eigenvalue weighted by molar-refractivity contribution is 0.0947. The van der Waals surface area contributed by atoms with Crippen molar-refractivity contribution in [2.24, 2.45) is 7.05 Å². The molecule has 0 radical (unpaired) electrons. The van der Waals surface area contributed by atoms with E-state index in [-0.39, 0.29) is 24.3 Å². The number of nitrogens with one attached hydrogen (secondary N) is 1. The van der Waals surface area contributed by atoms with Crippen molar-refractivity contribution >= 4 is 5.91 Å². The Morgan fingerprint density at radius 1 is 1.15 bits per heavy atom. The quantitative estimate of drug-likeness (QED) is 0.758. The van der Waals surface area contributed by atoms with Crippen LogP contribution in [0.25, 0.3) is 11.4 Å². The minimum atomic E-state index is -0.941. The lowest BCUT2D eigenvalue weighted by atomic mass is 10.2. The molecular weight excluding hydrogens is 342 g/mol. The number of hydrogen-bond donors (Lipinski definition) is 1. The van der Waals surface area contributed by atoms with Gasteiger partial charge in [0.1, 0.15) is 11.6 Å². The molecule has 0 spiro atoms. The molecular formula is C18H16F2N4O2. The van der Waals surface area contributed by atoms with E-state index in [0.717, 1.165) is 17.7 Å². The van der Waals surface area contributed by atoms with Crippen molar-refractivity contribution in [1.82, 2.24) is 19.7 Å². The molecule has 0 fully saturated rings. The molecule has 0 aliphatic heterocycles. The van der Waals surface area contributed by atoms with E-state index in [9.17, 15) is 18.4 Å². The van der Waals surface area contributed by atoms with Crippen LogP contribution in [0.4, 0.5) is 8.78 Å². The molecule has 26 heavy (non-hydrogen) atoms. The van der Waals surface area contributed by atoms with Gasteiger partial charge in [-0.2, -0.15) is 0 Å². The summed E-state index contributed by atoms with van der Waals surface area (Å²) in [5, 5.41) is 6.76. The minimum Gasteiger partial charge on any atom is -0.350 e. The Morgan fingerprint density at radius 2 is 1.88 bits per heavy atom. The fraction of sp³-hybridized carbons (Fsp3) is 0.167. The molecule has 0 aliphatic rings. The number of halogens is 2. The van der Waals surface area contributed by atoms with Crippen LogP contribution in [0.3, 0.4) is 0 Å². The lowest BCUT2D eigenvalue weighted by Crippen LogP contribution is -2.32. The highest BCUT2D eigenvalue weighted by Gasteiger charge is 2.14. The molecule has 0 atom stereocenters. The molecule has 1 aromatic heterocycles. The third-order valence-corrected chi connectivity index (χ3v) is 3.86. The summed E-state index contributed by atoms with van der Waals surface area (Å²) >= 11 is 0. The highest BCUT2D eigenvalue weighted by molar-refractivity contribution is 5.94. The molecule has 0 bridgehead atoms. The van der Waals surface area contributed by atoms with E-state index in [1.54, 1.807) is 7.05 Å². The number of carbonyl (C=O) groups is 1. The van der Waals surface area contributed by atoms with Crippen molar-refractivity contribution in [3.63, 3.8) is 0 Å². The van der Waals surface area contributed by atoms with Gasteiger partial charge in [-0.1, -0.05) is 30.3 Å². The maximum absolute atomic E-state index is 13.6. The predicted molar refractivity (Wildman–Crippen MR) is 91.6 cm³/mol. The normalized spacial score (nSPS) is 10.7. The van der Waals surface area contributed by atoms with E-state index >= 15 is 0 Å². The van der Waals surface area contributed by atoms with E-state index in [2.05, 4.69) is 10.4 Å². The van der Waals surface area contributed by atoms with Crippen LogP contribution in [0.2, 0.25) is 0 Å². The third kappa shape index (κ3) is 3.53. The van der Waals surface area contributed by atoms with Gasteiger partial charge in [0.15, 0.2) is 5.82 Å². The molecule has 6 nitrogen and oxygen atoms in total. The minimum absolute atomic E-state index is 0.0702. The van der Waals surface area contributed by atoms with E-state index in [0.29, 0.717) is 11.9 Å². The number of aromatic nitrogens is 3. The standard InChI is InChI=1S/C18H16F2N4O2/c1-23-16(12-5-3-2-4-6-12)22-24(18(23)26)10-9-21-17(25)14-8-7-13(19)11-15(14)20/h2-8,11H,9-10H2,1H3,(H,21,25). The number of rotatable bonds is 5. The van der Waals surface area contributed by atoms with Crippen molar-refractivity contribution in [1.29, 1.82) is 0 Å². The van der Waals surface area contributed by atoms with Gasteiger partial charge in [0.2, 0.25) is 0 Å². The first-order chi connectivity index (χ1) is 12.5. The van der Waals surface area contributed by atoms with Crippen LogP contribution >= 0.6 is 0 Å². The van der Waals surface area contributed by atoms with Crippen LogP contribution in [0.15, 0.2) is 53.3 Å². The van der Waals surface area contributed by atoms with Crippen molar-refractivity contribution in [3.8, 4) is 11.4 Å². The lowest BCUT2D eigenvalue weighted by Gasteiger charge is -2.05. The summed E-state index contributed by atoms with van der Waals surface area (Å²) < 4.78 is 29.1. The first-order valence-corrected chi connectivity index (χ1v) is 7.90. The summed E-state index contributed by atoms with van der Waals surface area (Å²) in [4.78, 5) is 24.2. The average Bonchev–Trinajstić information content (AvgIpc) is 2.91. The SMILES string of the molecule is Cn1c(-c2ccccc2)nn(CCNC(=O)c2ccc(F)cc2F)c1=O. The monoisotopic (exact) mass is 358 g/mol. The summed E-state index contributed by atoms with van der Waals surface area (Å²) in [6, 6.07) is 11.9. The van der Waals surface area contributed by atoms with Gasteiger partial charge in [-0.15, -0.1) is 5.10 Å². The van der Waals surface area contributed by atoms with Crippen LogP contribution in [-0.2, 0) is 13.6 Å². The van der Waals surface area contributed by atoms with Gasteiger partial charge in [-0.25, -0.2) is 18.3 Å². The topological polar surface area (TPSA) is 68.9 Å².